The molecular weight excluding hydrogens is 331 g/mol. The number of thiophene rings is 1. The summed E-state index contributed by atoms with van der Waals surface area (Å²) in [5.74, 6) is -1.35. The van der Waals surface area contributed by atoms with Crippen molar-refractivity contribution in [3.05, 3.63) is 51.7 Å². The fraction of sp³-hybridized carbons (Fsp3) is 0.200. The number of esters is 1. The van der Waals surface area contributed by atoms with Crippen molar-refractivity contribution < 1.29 is 27.5 Å². The molecule has 122 valence electrons. The van der Waals surface area contributed by atoms with Crippen molar-refractivity contribution in [3.63, 3.8) is 0 Å². The molecule has 1 heterocycles. The third-order valence-corrected chi connectivity index (χ3v) is 3.70. The minimum atomic E-state index is -4.58. The quantitative estimate of drug-likeness (QED) is 0.861. The zero-order valence-corrected chi connectivity index (χ0v) is 12.8. The first-order valence-corrected chi connectivity index (χ1v) is 7.36. The van der Waals surface area contributed by atoms with Crippen molar-refractivity contribution in [3.8, 4) is 0 Å². The molecule has 4 nitrogen and oxygen atoms in total. The summed E-state index contributed by atoms with van der Waals surface area (Å²) < 4.78 is 42.9. The van der Waals surface area contributed by atoms with Crippen molar-refractivity contribution in [1.29, 1.82) is 0 Å². The summed E-state index contributed by atoms with van der Waals surface area (Å²) >= 11 is 1.40. The number of alkyl halides is 3. The Bertz CT molecular complexity index is 711. The molecule has 0 radical (unpaired) electrons. The molecule has 1 aromatic heterocycles. The van der Waals surface area contributed by atoms with Gasteiger partial charge in [-0.15, -0.1) is 0 Å². The lowest BCUT2D eigenvalue weighted by molar-refractivity contribution is -0.137. The molecule has 1 N–H and O–H groups in total. The number of carbonyl (C=O) groups is 2. The van der Waals surface area contributed by atoms with Gasteiger partial charge in [0.1, 0.15) is 0 Å². The molecule has 2 aromatic rings. The predicted octanol–water partition coefficient (Wildman–Crippen LogP) is 3.73. The standard InChI is InChI=1S/C15H12F3NO3S/c1-22-14(21)11-3-2-10(15(16,17)18)7-12(11)19-13(20)6-9-4-5-23-8-9/h2-5,7-8H,6H2,1H3,(H,19,20). The highest BCUT2D eigenvalue weighted by Gasteiger charge is 2.32. The van der Waals surface area contributed by atoms with Crippen LogP contribution in [-0.2, 0) is 22.1 Å². The van der Waals surface area contributed by atoms with E-state index in [1.165, 1.54) is 11.3 Å². The minimum absolute atomic E-state index is 0.000355. The average molecular weight is 343 g/mol. The Morgan fingerprint density at radius 1 is 1.26 bits per heavy atom. The molecule has 0 bridgehead atoms. The van der Waals surface area contributed by atoms with Crippen LogP contribution in [0.4, 0.5) is 18.9 Å². The van der Waals surface area contributed by atoms with E-state index >= 15 is 0 Å². The smallest absolute Gasteiger partial charge is 0.416 e. The van der Waals surface area contributed by atoms with Gasteiger partial charge in [0.2, 0.25) is 5.91 Å². The first kappa shape index (κ1) is 17.0. The number of methoxy groups -OCH3 is 1. The van der Waals surface area contributed by atoms with Gasteiger partial charge in [0.15, 0.2) is 0 Å². The highest BCUT2D eigenvalue weighted by atomic mass is 32.1. The number of hydrogen-bond donors (Lipinski definition) is 1. The van der Waals surface area contributed by atoms with Crippen LogP contribution in [0.5, 0.6) is 0 Å². The van der Waals surface area contributed by atoms with Crippen molar-refractivity contribution in [2.45, 2.75) is 12.6 Å². The molecular formula is C15H12F3NO3S. The number of carbonyl (C=O) groups excluding carboxylic acids is 2. The lowest BCUT2D eigenvalue weighted by atomic mass is 10.1. The SMILES string of the molecule is COC(=O)c1ccc(C(F)(F)F)cc1NC(=O)Cc1ccsc1. The van der Waals surface area contributed by atoms with E-state index in [1.807, 2.05) is 0 Å². The van der Waals surface area contributed by atoms with E-state index < -0.39 is 23.6 Å². The number of benzene rings is 1. The van der Waals surface area contributed by atoms with Crippen molar-refractivity contribution >= 4 is 28.9 Å². The normalized spacial score (nSPS) is 11.1. The summed E-state index contributed by atoms with van der Waals surface area (Å²) in [5.41, 5.74) is -0.596. The summed E-state index contributed by atoms with van der Waals surface area (Å²) in [6.45, 7) is 0. The third-order valence-electron chi connectivity index (χ3n) is 2.97. The molecule has 0 atom stereocenters. The van der Waals surface area contributed by atoms with E-state index in [9.17, 15) is 22.8 Å². The van der Waals surface area contributed by atoms with Gasteiger partial charge in [-0.3, -0.25) is 4.79 Å². The lowest BCUT2D eigenvalue weighted by Gasteiger charge is -2.13. The number of rotatable bonds is 4. The van der Waals surface area contributed by atoms with Crippen LogP contribution in [0.3, 0.4) is 0 Å². The van der Waals surface area contributed by atoms with Crippen molar-refractivity contribution in [1.82, 2.24) is 0 Å². The fourth-order valence-electron chi connectivity index (χ4n) is 1.88. The molecule has 1 amide bonds. The number of anilines is 1. The first-order valence-electron chi connectivity index (χ1n) is 6.41. The highest BCUT2D eigenvalue weighted by molar-refractivity contribution is 7.08. The van der Waals surface area contributed by atoms with Crippen LogP contribution in [0.2, 0.25) is 0 Å². The maximum atomic E-state index is 12.8. The predicted molar refractivity (Wildman–Crippen MR) is 79.4 cm³/mol. The Balaban J connectivity index is 2.29. The molecule has 0 aliphatic rings. The Morgan fingerprint density at radius 2 is 2.00 bits per heavy atom. The lowest BCUT2D eigenvalue weighted by Crippen LogP contribution is -2.18. The molecule has 23 heavy (non-hydrogen) atoms. The maximum absolute atomic E-state index is 12.8. The van der Waals surface area contributed by atoms with Crippen LogP contribution in [0.1, 0.15) is 21.5 Å². The van der Waals surface area contributed by atoms with Gasteiger partial charge in [-0.25, -0.2) is 4.79 Å². The van der Waals surface area contributed by atoms with Gasteiger partial charge in [0, 0.05) is 0 Å². The molecule has 0 unspecified atom stereocenters. The summed E-state index contributed by atoms with van der Waals surface area (Å²) in [6.07, 6.45) is -4.58. The van der Waals surface area contributed by atoms with Gasteiger partial charge < -0.3 is 10.1 Å². The minimum Gasteiger partial charge on any atom is -0.465 e. The largest absolute Gasteiger partial charge is 0.465 e. The Morgan fingerprint density at radius 3 is 2.57 bits per heavy atom. The summed E-state index contributed by atoms with van der Waals surface area (Å²) in [4.78, 5) is 23.6. The third kappa shape index (κ3) is 4.32. The second-order valence-corrected chi connectivity index (χ2v) is 5.39. The topological polar surface area (TPSA) is 55.4 Å². The van der Waals surface area contributed by atoms with Crippen LogP contribution in [-0.4, -0.2) is 19.0 Å². The fourth-order valence-corrected chi connectivity index (χ4v) is 2.55. The number of amides is 1. The number of halogens is 3. The first-order chi connectivity index (χ1) is 10.8. The van der Waals surface area contributed by atoms with Crippen LogP contribution in [0.15, 0.2) is 35.0 Å². The number of hydrogen-bond acceptors (Lipinski definition) is 4. The average Bonchev–Trinajstić information content (AvgIpc) is 2.98. The van der Waals surface area contributed by atoms with Gasteiger partial charge in [0.25, 0.3) is 0 Å². The van der Waals surface area contributed by atoms with E-state index in [4.69, 9.17) is 0 Å². The van der Waals surface area contributed by atoms with Gasteiger partial charge in [0.05, 0.1) is 30.3 Å². The Hall–Kier alpha value is -2.35. The van der Waals surface area contributed by atoms with Gasteiger partial charge >= 0.3 is 12.1 Å². The highest BCUT2D eigenvalue weighted by Crippen LogP contribution is 2.32. The molecule has 2 rings (SSSR count). The van der Waals surface area contributed by atoms with E-state index in [-0.39, 0.29) is 17.7 Å². The second-order valence-electron chi connectivity index (χ2n) is 4.61. The van der Waals surface area contributed by atoms with Crippen LogP contribution in [0.25, 0.3) is 0 Å². The zero-order valence-electron chi connectivity index (χ0n) is 11.9. The van der Waals surface area contributed by atoms with Crippen LogP contribution >= 0.6 is 11.3 Å². The Labute approximate surface area is 133 Å². The van der Waals surface area contributed by atoms with E-state index in [0.29, 0.717) is 0 Å². The summed E-state index contributed by atoms with van der Waals surface area (Å²) in [5, 5.41) is 5.88. The summed E-state index contributed by atoms with van der Waals surface area (Å²) in [7, 11) is 1.11. The van der Waals surface area contributed by atoms with Gasteiger partial charge in [-0.2, -0.15) is 24.5 Å². The van der Waals surface area contributed by atoms with Crippen LogP contribution in [0, 0.1) is 0 Å². The number of ether oxygens (including phenoxy) is 1. The molecule has 0 saturated carbocycles. The van der Waals surface area contributed by atoms with E-state index in [1.54, 1.807) is 16.8 Å². The molecule has 0 aliphatic carbocycles. The Kier molecular flexibility index (Phi) is 5.05. The molecule has 0 saturated heterocycles. The van der Waals surface area contributed by atoms with E-state index in [2.05, 4.69) is 10.1 Å². The van der Waals surface area contributed by atoms with E-state index in [0.717, 1.165) is 30.9 Å². The molecule has 0 spiro atoms. The molecule has 1 aromatic carbocycles. The molecule has 8 heteroatoms. The second kappa shape index (κ2) is 6.82. The van der Waals surface area contributed by atoms with Crippen molar-refractivity contribution in [2.24, 2.45) is 0 Å². The molecule has 0 aliphatic heterocycles. The number of nitrogens with one attached hydrogen (secondary N) is 1. The van der Waals surface area contributed by atoms with Crippen LogP contribution < -0.4 is 5.32 Å². The summed E-state index contributed by atoms with van der Waals surface area (Å²) in [6, 6.07) is 4.20. The molecule has 0 fully saturated rings. The maximum Gasteiger partial charge on any atom is 0.416 e. The zero-order chi connectivity index (χ0) is 17.0. The van der Waals surface area contributed by atoms with Gasteiger partial charge in [-0.1, -0.05) is 0 Å². The van der Waals surface area contributed by atoms with Gasteiger partial charge in [-0.05, 0) is 40.6 Å². The van der Waals surface area contributed by atoms with Crippen molar-refractivity contribution in [2.75, 3.05) is 12.4 Å². The monoisotopic (exact) mass is 343 g/mol.